The van der Waals surface area contributed by atoms with Gasteiger partial charge in [0.15, 0.2) is 17.3 Å². The van der Waals surface area contributed by atoms with E-state index in [1.54, 1.807) is 24.3 Å². The molecule has 0 aliphatic carbocycles. The SMILES string of the molecule is COc1ccc(CC(=O)c2cccc(Br)c2Cl)cc1F. The lowest BCUT2D eigenvalue weighted by molar-refractivity contribution is 0.0993. The van der Waals surface area contributed by atoms with Gasteiger partial charge in [0.25, 0.3) is 0 Å². The van der Waals surface area contributed by atoms with Crippen LogP contribution < -0.4 is 4.74 Å². The molecule has 0 aliphatic heterocycles. The fourth-order valence-electron chi connectivity index (χ4n) is 1.82. The largest absolute Gasteiger partial charge is 0.494 e. The molecule has 0 fully saturated rings. The monoisotopic (exact) mass is 356 g/mol. The minimum absolute atomic E-state index is 0.0804. The minimum atomic E-state index is -0.488. The second-order valence-electron chi connectivity index (χ2n) is 4.17. The first-order chi connectivity index (χ1) is 9.52. The fraction of sp³-hybridized carbons (Fsp3) is 0.133. The van der Waals surface area contributed by atoms with Crippen LogP contribution in [0.25, 0.3) is 0 Å². The van der Waals surface area contributed by atoms with Crippen LogP contribution in [-0.4, -0.2) is 12.9 Å². The van der Waals surface area contributed by atoms with E-state index >= 15 is 0 Å². The lowest BCUT2D eigenvalue weighted by Gasteiger charge is -2.07. The molecule has 2 aromatic rings. The van der Waals surface area contributed by atoms with Gasteiger partial charge in [-0.1, -0.05) is 23.7 Å². The minimum Gasteiger partial charge on any atom is -0.494 e. The molecule has 20 heavy (non-hydrogen) atoms. The summed E-state index contributed by atoms with van der Waals surface area (Å²) >= 11 is 9.34. The zero-order chi connectivity index (χ0) is 14.7. The number of carbonyl (C=O) groups excluding carboxylic acids is 1. The number of benzene rings is 2. The number of methoxy groups -OCH3 is 1. The smallest absolute Gasteiger partial charge is 0.168 e. The Morgan fingerprint density at radius 3 is 2.75 bits per heavy atom. The van der Waals surface area contributed by atoms with Crippen molar-refractivity contribution < 1.29 is 13.9 Å². The van der Waals surface area contributed by atoms with Crippen LogP contribution >= 0.6 is 27.5 Å². The Morgan fingerprint density at radius 1 is 1.35 bits per heavy atom. The molecule has 0 saturated heterocycles. The average Bonchev–Trinajstić information content (AvgIpc) is 2.42. The number of hydrogen-bond donors (Lipinski definition) is 0. The van der Waals surface area contributed by atoms with Crippen LogP contribution in [0.3, 0.4) is 0 Å². The summed E-state index contributed by atoms with van der Waals surface area (Å²) in [5.74, 6) is -0.499. The van der Waals surface area contributed by atoms with E-state index in [9.17, 15) is 9.18 Å². The lowest BCUT2D eigenvalue weighted by Crippen LogP contribution is -2.05. The maximum absolute atomic E-state index is 13.6. The molecule has 0 saturated carbocycles. The van der Waals surface area contributed by atoms with Crippen molar-refractivity contribution in [2.45, 2.75) is 6.42 Å². The van der Waals surface area contributed by atoms with Gasteiger partial charge in [-0.05, 0) is 45.8 Å². The van der Waals surface area contributed by atoms with Gasteiger partial charge >= 0.3 is 0 Å². The van der Waals surface area contributed by atoms with Gasteiger partial charge in [0.05, 0.1) is 12.1 Å². The molecule has 2 aromatic carbocycles. The zero-order valence-corrected chi connectivity index (χ0v) is 13.0. The summed E-state index contributed by atoms with van der Waals surface area (Å²) in [5, 5.41) is 0.367. The molecular weight excluding hydrogens is 347 g/mol. The third-order valence-electron chi connectivity index (χ3n) is 2.83. The zero-order valence-electron chi connectivity index (χ0n) is 10.6. The Labute approximate surface area is 129 Å². The number of carbonyl (C=O) groups is 1. The van der Waals surface area contributed by atoms with Gasteiger partial charge < -0.3 is 4.74 Å². The average molecular weight is 358 g/mol. The molecule has 5 heteroatoms. The molecule has 0 aliphatic rings. The van der Waals surface area contributed by atoms with Crippen LogP contribution in [0.2, 0.25) is 5.02 Å². The number of halogens is 3. The summed E-state index contributed by atoms with van der Waals surface area (Å²) in [6.07, 6.45) is 0.0804. The number of rotatable bonds is 4. The van der Waals surface area contributed by atoms with Crippen molar-refractivity contribution in [2.24, 2.45) is 0 Å². The van der Waals surface area contributed by atoms with Crippen LogP contribution in [0.5, 0.6) is 5.75 Å². The molecule has 2 nitrogen and oxygen atoms in total. The van der Waals surface area contributed by atoms with Gasteiger partial charge in [0, 0.05) is 16.5 Å². The van der Waals surface area contributed by atoms with Crippen molar-refractivity contribution in [2.75, 3.05) is 7.11 Å². The van der Waals surface area contributed by atoms with Crippen molar-refractivity contribution >= 4 is 33.3 Å². The molecule has 0 heterocycles. The van der Waals surface area contributed by atoms with Crippen LogP contribution in [0.15, 0.2) is 40.9 Å². The third-order valence-corrected chi connectivity index (χ3v) is 4.13. The van der Waals surface area contributed by atoms with Crippen molar-refractivity contribution in [1.29, 1.82) is 0 Å². The molecule has 104 valence electrons. The normalized spacial score (nSPS) is 10.4. The summed E-state index contributed by atoms with van der Waals surface area (Å²) in [5.41, 5.74) is 0.988. The Morgan fingerprint density at radius 2 is 2.10 bits per heavy atom. The molecule has 0 unspecified atom stereocenters. The highest BCUT2D eigenvalue weighted by atomic mass is 79.9. The highest BCUT2D eigenvalue weighted by Gasteiger charge is 2.14. The first kappa shape index (κ1) is 15.0. The number of Topliss-reactive ketones (excluding diaryl/α,β-unsaturated/α-hetero) is 1. The molecule has 0 spiro atoms. The second kappa shape index (κ2) is 6.37. The van der Waals surface area contributed by atoms with Crippen molar-refractivity contribution in [1.82, 2.24) is 0 Å². The highest BCUT2D eigenvalue weighted by Crippen LogP contribution is 2.27. The second-order valence-corrected chi connectivity index (χ2v) is 5.40. The van der Waals surface area contributed by atoms with Crippen molar-refractivity contribution in [3.8, 4) is 5.75 Å². The van der Waals surface area contributed by atoms with Crippen LogP contribution in [0, 0.1) is 5.82 Å². The highest BCUT2D eigenvalue weighted by molar-refractivity contribution is 9.10. The summed E-state index contributed by atoms with van der Waals surface area (Å²) in [6, 6.07) is 9.59. The van der Waals surface area contributed by atoms with E-state index in [0.717, 1.165) is 0 Å². The predicted octanol–water partition coefficient (Wildman–Crippen LogP) is 4.68. The summed E-state index contributed by atoms with van der Waals surface area (Å²) in [7, 11) is 1.39. The maximum Gasteiger partial charge on any atom is 0.168 e. The molecule has 0 bridgehead atoms. The summed E-state index contributed by atoms with van der Waals surface area (Å²) in [6.45, 7) is 0. The lowest BCUT2D eigenvalue weighted by atomic mass is 10.0. The van der Waals surface area contributed by atoms with E-state index in [-0.39, 0.29) is 18.0 Å². The quantitative estimate of drug-likeness (QED) is 0.743. The molecule has 2 rings (SSSR count). The molecule has 0 radical (unpaired) electrons. The summed E-state index contributed by atoms with van der Waals surface area (Å²) in [4.78, 5) is 12.2. The van der Waals surface area contributed by atoms with Crippen LogP contribution in [-0.2, 0) is 6.42 Å². The summed E-state index contributed by atoms with van der Waals surface area (Å²) < 4.78 is 19.1. The van der Waals surface area contributed by atoms with Gasteiger partial charge in [0.2, 0.25) is 0 Å². The topological polar surface area (TPSA) is 26.3 Å². The molecule has 0 N–H and O–H groups in total. The molecule has 0 aromatic heterocycles. The first-order valence-corrected chi connectivity index (χ1v) is 6.99. The number of hydrogen-bond acceptors (Lipinski definition) is 2. The van der Waals surface area contributed by atoms with E-state index in [1.807, 2.05) is 0 Å². The molecule has 0 amide bonds. The standard InChI is InChI=1S/C15H11BrClFO2/c1-20-14-6-5-9(7-12(14)18)8-13(19)10-3-2-4-11(16)15(10)17/h2-7H,8H2,1H3. The van der Waals surface area contributed by atoms with Gasteiger partial charge in [-0.15, -0.1) is 0 Å². The fourth-order valence-corrected chi connectivity index (χ4v) is 2.42. The Kier molecular flexibility index (Phi) is 4.78. The van der Waals surface area contributed by atoms with E-state index < -0.39 is 5.82 Å². The van der Waals surface area contributed by atoms with Crippen LogP contribution in [0.4, 0.5) is 4.39 Å². The van der Waals surface area contributed by atoms with Gasteiger partial charge in [-0.3, -0.25) is 4.79 Å². The van der Waals surface area contributed by atoms with Crippen LogP contribution in [0.1, 0.15) is 15.9 Å². The van der Waals surface area contributed by atoms with Gasteiger partial charge in [-0.25, -0.2) is 4.39 Å². The first-order valence-electron chi connectivity index (χ1n) is 5.82. The van der Waals surface area contributed by atoms with Crippen molar-refractivity contribution in [3.05, 3.63) is 62.8 Å². The van der Waals surface area contributed by atoms with Gasteiger partial charge in [0.1, 0.15) is 0 Å². The predicted molar refractivity (Wildman–Crippen MR) is 80.1 cm³/mol. The number of ketones is 1. The van der Waals surface area contributed by atoms with E-state index in [1.165, 1.54) is 19.2 Å². The van der Waals surface area contributed by atoms with Crippen molar-refractivity contribution in [3.63, 3.8) is 0 Å². The van der Waals surface area contributed by atoms with E-state index in [0.29, 0.717) is 20.6 Å². The Bertz CT molecular complexity index is 658. The molecule has 0 atom stereocenters. The van der Waals surface area contributed by atoms with Gasteiger partial charge in [-0.2, -0.15) is 0 Å². The van der Waals surface area contributed by atoms with E-state index in [2.05, 4.69) is 15.9 Å². The van der Waals surface area contributed by atoms with E-state index in [4.69, 9.17) is 16.3 Å². The third kappa shape index (κ3) is 3.19. The maximum atomic E-state index is 13.6. The Hall–Kier alpha value is -1.39. The molecular formula is C15H11BrClFO2. The Balaban J connectivity index is 2.24. The number of ether oxygens (including phenoxy) is 1.